The maximum atomic E-state index is 8.47. The van der Waals surface area contributed by atoms with Gasteiger partial charge in [0.25, 0.3) is 0 Å². The lowest BCUT2D eigenvalue weighted by molar-refractivity contribution is 0.503. The highest BCUT2D eigenvalue weighted by atomic mass is 15.0. The molecule has 0 radical (unpaired) electrons. The predicted molar refractivity (Wildman–Crippen MR) is 43.2 cm³/mol. The van der Waals surface area contributed by atoms with Crippen molar-refractivity contribution in [1.29, 1.82) is 5.26 Å². The minimum Gasteiger partial charge on any atom is -0.398 e. The summed E-state index contributed by atoms with van der Waals surface area (Å²) in [6.07, 6.45) is 5.89. The Kier molecular flexibility index (Phi) is 1.86. The van der Waals surface area contributed by atoms with Crippen molar-refractivity contribution in [3.8, 4) is 6.07 Å². The van der Waals surface area contributed by atoms with Gasteiger partial charge < -0.3 is 11.1 Å². The Labute approximate surface area is 66.2 Å². The average Bonchev–Trinajstić information content (AvgIpc) is 1.97. The van der Waals surface area contributed by atoms with Crippen LogP contribution in [0.25, 0.3) is 0 Å². The van der Waals surface area contributed by atoms with Crippen LogP contribution in [0.4, 0.5) is 0 Å². The van der Waals surface area contributed by atoms with Gasteiger partial charge in [-0.2, -0.15) is 5.26 Å². The van der Waals surface area contributed by atoms with Crippen LogP contribution < -0.4 is 11.1 Å². The molecule has 58 valence electrons. The normalized spacial score (nSPS) is 28.5. The van der Waals surface area contributed by atoms with Gasteiger partial charge in [0.15, 0.2) is 0 Å². The largest absolute Gasteiger partial charge is 0.398 e. The van der Waals surface area contributed by atoms with E-state index >= 15 is 0 Å². The van der Waals surface area contributed by atoms with Crippen molar-refractivity contribution in [2.24, 2.45) is 5.73 Å². The molecule has 0 saturated heterocycles. The molecule has 3 N–H and O–H groups in total. The number of hydrogen-bond acceptors (Lipinski definition) is 3. The van der Waals surface area contributed by atoms with E-state index in [1.54, 1.807) is 6.20 Å². The Bertz CT molecular complexity index is 247. The van der Waals surface area contributed by atoms with E-state index in [0.29, 0.717) is 12.1 Å². The van der Waals surface area contributed by atoms with Gasteiger partial charge in [0.2, 0.25) is 0 Å². The molecule has 0 aromatic rings. The SMILES string of the molecule is CC1(CC#N)C=CC(N)=CN1. The zero-order valence-electron chi connectivity index (χ0n) is 6.46. The average molecular weight is 149 g/mol. The van der Waals surface area contributed by atoms with Crippen molar-refractivity contribution in [3.63, 3.8) is 0 Å². The first-order valence-corrected chi connectivity index (χ1v) is 3.46. The highest BCUT2D eigenvalue weighted by molar-refractivity contribution is 5.25. The quantitative estimate of drug-likeness (QED) is 0.574. The number of nitrogens with one attached hydrogen (secondary N) is 1. The molecular formula is C8H11N3. The second-order valence-electron chi connectivity index (χ2n) is 2.87. The van der Waals surface area contributed by atoms with Gasteiger partial charge in [-0.3, -0.25) is 0 Å². The molecular weight excluding hydrogens is 138 g/mol. The van der Waals surface area contributed by atoms with E-state index in [-0.39, 0.29) is 5.54 Å². The third-order valence-electron chi connectivity index (χ3n) is 1.66. The highest BCUT2D eigenvalue weighted by Crippen LogP contribution is 2.14. The van der Waals surface area contributed by atoms with Crippen LogP contribution in [0, 0.1) is 11.3 Å². The van der Waals surface area contributed by atoms with Crippen LogP contribution in [0.2, 0.25) is 0 Å². The molecule has 1 unspecified atom stereocenters. The van der Waals surface area contributed by atoms with Crippen LogP contribution in [-0.4, -0.2) is 5.54 Å². The van der Waals surface area contributed by atoms with E-state index in [2.05, 4.69) is 11.4 Å². The van der Waals surface area contributed by atoms with Gasteiger partial charge in [-0.15, -0.1) is 0 Å². The van der Waals surface area contributed by atoms with Crippen molar-refractivity contribution in [2.45, 2.75) is 18.9 Å². The van der Waals surface area contributed by atoms with Crippen LogP contribution in [0.15, 0.2) is 24.0 Å². The van der Waals surface area contributed by atoms with Crippen molar-refractivity contribution < 1.29 is 0 Å². The second kappa shape index (κ2) is 2.67. The summed E-state index contributed by atoms with van der Waals surface area (Å²) in [5.74, 6) is 0. The van der Waals surface area contributed by atoms with E-state index in [9.17, 15) is 0 Å². The number of nitriles is 1. The molecule has 0 fully saturated rings. The number of rotatable bonds is 1. The Balaban J connectivity index is 2.68. The van der Waals surface area contributed by atoms with Gasteiger partial charge in [0, 0.05) is 11.9 Å². The number of allylic oxidation sites excluding steroid dienone is 1. The first-order chi connectivity index (χ1) is 5.16. The molecule has 1 rings (SSSR count). The smallest absolute Gasteiger partial charge is 0.0656 e. The van der Waals surface area contributed by atoms with Gasteiger partial charge >= 0.3 is 0 Å². The van der Waals surface area contributed by atoms with Crippen molar-refractivity contribution in [2.75, 3.05) is 0 Å². The number of dihydropyridines is 1. The summed E-state index contributed by atoms with van der Waals surface area (Å²) in [6.45, 7) is 1.95. The van der Waals surface area contributed by atoms with E-state index < -0.39 is 0 Å². The summed E-state index contributed by atoms with van der Waals surface area (Å²) in [5.41, 5.74) is 5.94. The maximum absolute atomic E-state index is 8.47. The summed E-state index contributed by atoms with van der Waals surface area (Å²) in [7, 11) is 0. The van der Waals surface area contributed by atoms with Crippen molar-refractivity contribution >= 4 is 0 Å². The van der Waals surface area contributed by atoms with Crippen LogP contribution in [-0.2, 0) is 0 Å². The fourth-order valence-electron chi connectivity index (χ4n) is 0.899. The molecule has 0 amide bonds. The standard InChI is InChI=1S/C8H11N3/c1-8(4-5-9)3-2-7(10)6-11-8/h2-3,6,11H,4,10H2,1H3. The zero-order chi connectivity index (χ0) is 8.32. The van der Waals surface area contributed by atoms with Crippen LogP contribution in [0.5, 0.6) is 0 Å². The topological polar surface area (TPSA) is 61.8 Å². The molecule has 0 aromatic heterocycles. The van der Waals surface area contributed by atoms with Gasteiger partial charge in [-0.05, 0) is 13.0 Å². The molecule has 0 aromatic carbocycles. The molecule has 3 nitrogen and oxygen atoms in total. The molecule has 3 heteroatoms. The maximum Gasteiger partial charge on any atom is 0.0656 e. The Morgan fingerprint density at radius 3 is 3.00 bits per heavy atom. The molecule has 0 saturated carbocycles. The Morgan fingerprint density at radius 2 is 2.55 bits per heavy atom. The molecule has 1 aliphatic rings. The minimum atomic E-state index is -0.238. The van der Waals surface area contributed by atoms with Gasteiger partial charge in [0.1, 0.15) is 0 Å². The van der Waals surface area contributed by atoms with Crippen LogP contribution >= 0.6 is 0 Å². The number of nitrogens with two attached hydrogens (primary N) is 1. The van der Waals surface area contributed by atoms with Crippen molar-refractivity contribution in [3.05, 3.63) is 24.0 Å². The van der Waals surface area contributed by atoms with E-state index in [4.69, 9.17) is 11.0 Å². The van der Waals surface area contributed by atoms with Gasteiger partial charge in [0.05, 0.1) is 18.0 Å². The first kappa shape index (κ1) is 7.67. The second-order valence-corrected chi connectivity index (χ2v) is 2.87. The molecule has 0 aliphatic carbocycles. The zero-order valence-corrected chi connectivity index (χ0v) is 6.46. The fourth-order valence-corrected chi connectivity index (χ4v) is 0.899. The van der Waals surface area contributed by atoms with Crippen LogP contribution in [0.3, 0.4) is 0 Å². The van der Waals surface area contributed by atoms with E-state index in [1.807, 2.05) is 19.1 Å². The molecule has 0 spiro atoms. The lowest BCUT2D eigenvalue weighted by atomic mass is 9.96. The predicted octanol–water partition coefficient (Wildman–Crippen LogP) is 0.618. The summed E-state index contributed by atoms with van der Waals surface area (Å²) in [6, 6.07) is 2.11. The third-order valence-corrected chi connectivity index (χ3v) is 1.66. The fraction of sp³-hybridized carbons (Fsp3) is 0.375. The monoisotopic (exact) mass is 149 g/mol. The highest BCUT2D eigenvalue weighted by Gasteiger charge is 2.20. The first-order valence-electron chi connectivity index (χ1n) is 3.46. The van der Waals surface area contributed by atoms with Gasteiger partial charge in [-0.25, -0.2) is 0 Å². The minimum absolute atomic E-state index is 0.238. The summed E-state index contributed by atoms with van der Waals surface area (Å²) < 4.78 is 0. The van der Waals surface area contributed by atoms with E-state index in [1.165, 1.54) is 0 Å². The Hall–Kier alpha value is -1.43. The Morgan fingerprint density at radius 1 is 1.82 bits per heavy atom. The van der Waals surface area contributed by atoms with Crippen molar-refractivity contribution in [1.82, 2.24) is 5.32 Å². The summed E-state index contributed by atoms with van der Waals surface area (Å²) in [5, 5.41) is 11.5. The summed E-state index contributed by atoms with van der Waals surface area (Å²) in [4.78, 5) is 0. The molecule has 1 heterocycles. The molecule has 1 atom stereocenters. The third kappa shape index (κ3) is 1.74. The lowest BCUT2D eigenvalue weighted by Gasteiger charge is -2.26. The molecule has 0 bridgehead atoms. The molecule has 1 aliphatic heterocycles. The summed E-state index contributed by atoms with van der Waals surface area (Å²) >= 11 is 0. The lowest BCUT2D eigenvalue weighted by Crippen LogP contribution is -2.38. The van der Waals surface area contributed by atoms with Gasteiger partial charge in [-0.1, -0.05) is 6.08 Å². The van der Waals surface area contributed by atoms with Crippen LogP contribution in [0.1, 0.15) is 13.3 Å². The molecule has 11 heavy (non-hydrogen) atoms. The number of hydrogen-bond donors (Lipinski definition) is 2. The van der Waals surface area contributed by atoms with E-state index in [0.717, 1.165) is 0 Å². The number of nitrogens with zero attached hydrogens (tertiary/aromatic N) is 1.